The first kappa shape index (κ1) is 9.89. The monoisotopic (exact) mass is 188 g/mol. The van der Waals surface area contributed by atoms with E-state index in [0.29, 0.717) is 5.56 Å². The first-order valence-electron chi connectivity index (χ1n) is 3.68. The van der Waals surface area contributed by atoms with Crippen molar-refractivity contribution in [1.29, 1.82) is 0 Å². The average Bonchev–Trinajstić information content (AvgIpc) is 1.95. The van der Waals surface area contributed by atoms with Gasteiger partial charge in [0.05, 0.1) is 5.56 Å². The number of rotatable bonds is 0. The van der Waals surface area contributed by atoms with Crippen molar-refractivity contribution >= 4 is 5.69 Å². The molecule has 71 valence electrons. The molecule has 0 saturated heterocycles. The number of alkyl halides is 3. The molecule has 0 heterocycles. The van der Waals surface area contributed by atoms with Gasteiger partial charge in [-0.05, 0) is 37.1 Å². The Morgan fingerprint density at radius 2 is 1.85 bits per heavy atom. The van der Waals surface area contributed by atoms with Crippen molar-refractivity contribution in [3.8, 4) is 0 Å². The van der Waals surface area contributed by atoms with Gasteiger partial charge in [-0.15, -0.1) is 0 Å². The SMILES string of the molecule is Cc1[c]cc(N)c(C(F)(F)F)c1C. The summed E-state index contributed by atoms with van der Waals surface area (Å²) < 4.78 is 37.2. The lowest BCUT2D eigenvalue weighted by Gasteiger charge is -2.14. The van der Waals surface area contributed by atoms with E-state index in [9.17, 15) is 13.2 Å². The fourth-order valence-electron chi connectivity index (χ4n) is 1.15. The van der Waals surface area contributed by atoms with Gasteiger partial charge in [0.25, 0.3) is 0 Å². The number of aryl methyl sites for hydroxylation is 1. The molecule has 0 amide bonds. The summed E-state index contributed by atoms with van der Waals surface area (Å²) in [6, 6.07) is 3.81. The van der Waals surface area contributed by atoms with Gasteiger partial charge in [0.15, 0.2) is 0 Å². The Bertz CT molecular complexity index is 328. The third-order valence-electron chi connectivity index (χ3n) is 1.95. The zero-order chi connectivity index (χ0) is 10.2. The highest BCUT2D eigenvalue weighted by molar-refractivity contribution is 5.54. The minimum atomic E-state index is -4.38. The summed E-state index contributed by atoms with van der Waals surface area (Å²) in [7, 11) is 0. The van der Waals surface area contributed by atoms with E-state index in [1.54, 1.807) is 6.92 Å². The van der Waals surface area contributed by atoms with E-state index in [1.807, 2.05) is 0 Å². The molecule has 13 heavy (non-hydrogen) atoms. The molecule has 1 nitrogen and oxygen atoms in total. The molecule has 0 saturated carbocycles. The molecular formula is C9H9F3N. The lowest BCUT2D eigenvalue weighted by Crippen LogP contribution is -2.12. The van der Waals surface area contributed by atoms with Crippen LogP contribution in [0.1, 0.15) is 16.7 Å². The summed E-state index contributed by atoms with van der Waals surface area (Å²) in [5.74, 6) is 0. The summed E-state index contributed by atoms with van der Waals surface area (Å²) in [5.41, 5.74) is 4.83. The summed E-state index contributed by atoms with van der Waals surface area (Å²) in [6.07, 6.45) is -4.38. The molecule has 0 bridgehead atoms. The summed E-state index contributed by atoms with van der Waals surface area (Å²) in [5, 5.41) is 0. The van der Waals surface area contributed by atoms with Gasteiger partial charge in [-0.2, -0.15) is 13.2 Å². The molecule has 1 aromatic carbocycles. The molecule has 4 heteroatoms. The molecule has 0 aliphatic heterocycles. The van der Waals surface area contributed by atoms with Crippen LogP contribution in [0.3, 0.4) is 0 Å². The summed E-state index contributed by atoms with van der Waals surface area (Å²) in [6.45, 7) is 2.97. The molecule has 0 spiro atoms. The van der Waals surface area contributed by atoms with Crippen LogP contribution in [-0.2, 0) is 6.18 Å². The molecule has 0 fully saturated rings. The topological polar surface area (TPSA) is 26.0 Å². The molecule has 1 aromatic rings. The Morgan fingerprint density at radius 3 is 2.23 bits per heavy atom. The number of nitrogen functional groups attached to an aromatic ring is 1. The van der Waals surface area contributed by atoms with Crippen LogP contribution < -0.4 is 5.73 Å². The number of nitrogens with two attached hydrogens (primary N) is 1. The summed E-state index contributed by atoms with van der Waals surface area (Å²) >= 11 is 0. The van der Waals surface area contributed by atoms with Gasteiger partial charge in [0.1, 0.15) is 0 Å². The molecule has 0 atom stereocenters. The van der Waals surface area contributed by atoms with Crippen molar-refractivity contribution in [3.63, 3.8) is 0 Å². The summed E-state index contributed by atoms with van der Waals surface area (Å²) in [4.78, 5) is 0. The van der Waals surface area contributed by atoms with Crippen molar-refractivity contribution < 1.29 is 13.2 Å². The van der Waals surface area contributed by atoms with E-state index >= 15 is 0 Å². The largest absolute Gasteiger partial charge is 0.418 e. The average molecular weight is 188 g/mol. The van der Waals surface area contributed by atoms with E-state index in [1.165, 1.54) is 6.92 Å². The first-order valence-corrected chi connectivity index (χ1v) is 3.68. The number of benzene rings is 1. The van der Waals surface area contributed by atoms with E-state index in [-0.39, 0.29) is 11.3 Å². The lowest BCUT2D eigenvalue weighted by molar-refractivity contribution is -0.137. The van der Waals surface area contributed by atoms with Crippen LogP contribution in [0, 0.1) is 19.9 Å². The quantitative estimate of drug-likeness (QED) is 0.622. The van der Waals surface area contributed by atoms with Crippen LogP contribution in [-0.4, -0.2) is 0 Å². The highest BCUT2D eigenvalue weighted by atomic mass is 19.4. The molecule has 0 aliphatic carbocycles. The minimum absolute atomic E-state index is 0.146. The molecule has 1 radical (unpaired) electrons. The van der Waals surface area contributed by atoms with Crippen molar-refractivity contribution in [2.45, 2.75) is 20.0 Å². The fourth-order valence-corrected chi connectivity index (χ4v) is 1.15. The van der Waals surface area contributed by atoms with Gasteiger partial charge >= 0.3 is 6.18 Å². The third kappa shape index (κ3) is 1.76. The Morgan fingerprint density at radius 1 is 1.31 bits per heavy atom. The van der Waals surface area contributed by atoms with Crippen LogP contribution >= 0.6 is 0 Å². The van der Waals surface area contributed by atoms with Crippen LogP contribution in [0.5, 0.6) is 0 Å². The lowest BCUT2D eigenvalue weighted by atomic mass is 10.0. The fraction of sp³-hybridized carbons (Fsp3) is 0.333. The minimum Gasteiger partial charge on any atom is -0.398 e. The van der Waals surface area contributed by atoms with Crippen LogP contribution in [0.15, 0.2) is 6.07 Å². The van der Waals surface area contributed by atoms with E-state index in [2.05, 4.69) is 6.07 Å². The normalized spacial score (nSPS) is 11.8. The Balaban J connectivity index is 3.43. The second-order valence-electron chi connectivity index (χ2n) is 2.87. The van der Waals surface area contributed by atoms with Gasteiger partial charge in [-0.25, -0.2) is 0 Å². The number of anilines is 1. The van der Waals surface area contributed by atoms with Crippen LogP contribution in [0.4, 0.5) is 18.9 Å². The molecule has 1 rings (SSSR count). The number of hydrogen-bond donors (Lipinski definition) is 1. The smallest absolute Gasteiger partial charge is 0.398 e. The standard InChI is InChI=1S/C9H9F3N/c1-5-3-4-7(13)8(6(5)2)9(10,11)12/h4H,13H2,1-2H3. The molecule has 2 N–H and O–H groups in total. The zero-order valence-electron chi connectivity index (χ0n) is 7.29. The predicted molar refractivity (Wildman–Crippen MR) is 44.2 cm³/mol. The van der Waals surface area contributed by atoms with Gasteiger partial charge in [0, 0.05) is 5.69 Å². The van der Waals surface area contributed by atoms with Gasteiger partial charge in [-0.1, -0.05) is 0 Å². The van der Waals surface area contributed by atoms with E-state index < -0.39 is 11.7 Å². The van der Waals surface area contributed by atoms with Gasteiger partial charge in [-0.3, -0.25) is 0 Å². The highest BCUT2D eigenvalue weighted by Gasteiger charge is 2.35. The number of halogens is 3. The first-order chi connectivity index (χ1) is 5.84. The van der Waals surface area contributed by atoms with Gasteiger partial charge < -0.3 is 5.73 Å². The second kappa shape index (κ2) is 2.94. The Hall–Kier alpha value is -1.19. The zero-order valence-corrected chi connectivity index (χ0v) is 7.29. The highest BCUT2D eigenvalue weighted by Crippen LogP contribution is 2.36. The maximum absolute atomic E-state index is 12.4. The van der Waals surface area contributed by atoms with Crippen molar-refractivity contribution in [3.05, 3.63) is 28.8 Å². The van der Waals surface area contributed by atoms with E-state index in [0.717, 1.165) is 6.07 Å². The second-order valence-corrected chi connectivity index (χ2v) is 2.87. The maximum atomic E-state index is 12.4. The van der Waals surface area contributed by atoms with Crippen LogP contribution in [0.2, 0.25) is 0 Å². The van der Waals surface area contributed by atoms with Crippen molar-refractivity contribution in [1.82, 2.24) is 0 Å². The molecule has 0 aliphatic rings. The maximum Gasteiger partial charge on any atom is 0.418 e. The third-order valence-corrected chi connectivity index (χ3v) is 1.95. The predicted octanol–water partition coefficient (Wildman–Crippen LogP) is 2.70. The molecular weight excluding hydrogens is 179 g/mol. The molecule has 0 aromatic heterocycles. The van der Waals surface area contributed by atoms with Gasteiger partial charge in [0.2, 0.25) is 0 Å². The Labute approximate surface area is 74.4 Å². The van der Waals surface area contributed by atoms with Crippen molar-refractivity contribution in [2.24, 2.45) is 0 Å². The van der Waals surface area contributed by atoms with Crippen LogP contribution in [0.25, 0.3) is 0 Å². The van der Waals surface area contributed by atoms with Crippen molar-refractivity contribution in [2.75, 3.05) is 5.73 Å². The molecule has 0 unspecified atom stereocenters. The van der Waals surface area contributed by atoms with E-state index in [4.69, 9.17) is 5.73 Å². The number of hydrogen-bond acceptors (Lipinski definition) is 1. The Kier molecular flexibility index (Phi) is 2.24.